The maximum absolute atomic E-state index is 5.87. The minimum Gasteiger partial charge on any atom is -0.493 e. The van der Waals surface area contributed by atoms with Gasteiger partial charge in [-0.2, -0.15) is 0 Å². The second-order valence-electron chi connectivity index (χ2n) is 4.90. The summed E-state index contributed by atoms with van der Waals surface area (Å²) in [5.74, 6) is 0.945. The minimum absolute atomic E-state index is 0.0667. The molecule has 2 rings (SSSR count). The monoisotopic (exact) mass is 255 g/mol. The zero-order valence-electron chi connectivity index (χ0n) is 11.6. The average molecular weight is 255 g/mol. The van der Waals surface area contributed by atoms with Crippen LogP contribution in [-0.2, 0) is 6.42 Å². The quantitative estimate of drug-likeness (QED) is 0.885. The summed E-state index contributed by atoms with van der Waals surface area (Å²) in [6.45, 7) is 4.75. The fourth-order valence-electron chi connectivity index (χ4n) is 2.04. The molecule has 0 heterocycles. The van der Waals surface area contributed by atoms with Crippen molar-refractivity contribution in [2.75, 3.05) is 6.61 Å². The zero-order chi connectivity index (χ0) is 13.7. The van der Waals surface area contributed by atoms with Crippen LogP contribution in [0.25, 0.3) is 0 Å². The van der Waals surface area contributed by atoms with E-state index in [9.17, 15) is 0 Å². The number of rotatable bonds is 5. The standard InChI is InChI=1S/C17H21NO/c1-13-12-16(14(2)18)8-9-17(13)19-11-10-15-6-4-3-5-7-15/h3-9,12,14H,10-11,18H2,1-2H3. The highest BCUT2D eigenvalue weighted by molar-refractivity contribution is 5.37. The molecule has 1 atom stereocenters. The van der Waals surface area contributed by atoms with Gasteiger partial charge >= 0.3 is 0 Å². The Morgan fingerprint density at radius 3 is 2.47 bits per heavy atom. The molecule has 0 radical (unpaired) electrons. The lowest BCUT2D eigenvalue weighted by molar-refractivity contribution is 0.319. The molecule has 2 aromatic carbocycles. The van der Waals surface area contributed by atoms with Crippen LogP contribution in [0.1, 0.15) is 29.7 Å². The van der Waals surface area contributed by atoms with E-state index >= 15 is 0 Å². The van der Waals surface area contributed by atoms with Gasteiger partial charge in [0.25, 0.3) is 0 Å². The largest absolute Gasteiger partial charge is 0.493 e. The maximum Gasteiger partial charge on any atom is 0.122 e. The van der Waals surface area contributed by atoms with Crippen molar-refractivity contribution < 1.29 is 4.74 Å². The molecule has 0 bridgehead atoms. The number of hydrogen-bond donors (Lipinski definition) is 1. The highest BCUT2D eigenvalue weighted by Gasteiger charge is 2.04. The van der Waals surface area contributed by atoms with Gasteiger partial charge in [-0.3, -0.25) is 0 Å². The van der Waals surface area contributed by atoms with Crippen LogP contribution in [0, 0.1) is 6.92 Å². The molecule has 1 unspecified atom stereocenters. The van der Waals surface area contributed by atoms with Crippen LogP contribution in [0.3, 0.4) is 0 Å². The van der Waals surface area contributed by atoms with E-state index in [2.05, 4.69) is 37.3 Å². The predicted molar refractivity (Wildman–Crippen MR) is 79.4 cm³/mol. The highest BCUT2D eigenvalue weighted by atomic mass is 16.5. The second-order valence-corrected chi connectivity index (χ2v) is 4.90. The van der Waals surface area contributed by atoms with Crippen LogP contribution in [0.4, 0.5) is 0 Å². The van der Waals surface area contributed by atoms with Crippen molar-refractivity contribution in [2.45, 2.75) is 26.3 Å². The molecule has 2 N–H and O–H groups in total. The van der Waals surface area contributed by atoms with Crippen molar-refractivity contribution in [2.24, 2.45) is 5.73 Å². The van der Waals surface area contributed by atoms with Crippen molar-refractivity contribution in [3.05, 3.63) is 65.2 Å². The molecular formula is C17H21NO. The molecule has 0 aliphatic carbocycles. The van der Waals surface area contributed by atoms with Gasteiger partial charge in [0.2, 0.25) is 0 Å². The van der Waals surface area contributed by atoms with Crippen molar-refractivity contribution in [3.63, 3.8) is 0 Å². The Balaban J connectivity index is 1.93. The van der Waals surface area contributed by atoms with Gasteiger partial charge in [-0.1, -0.05) is 42.5 Å². The molecule has 0 aliphatic rings. The molecule has 0 aromatic heterocycles. The van der Waals surface area contributed by atoms with E-state index in [1.54, 1.807) is 0 Å². The summed E-state index contributed by atoms with van der Waals surface area (Å²) in [6, 6.07) is 16.6. The van der Waals surface area contributed by atoms with Gasteiger partial charge in [0.15, 0.2) is 0 Å². The van der Waals surface area contributed by atoms with Crippen LogP contribution in [0.15, 0.2) is 48.5 Å². The molecule has 0 fully saturated rings. The Hall–Kier alpha value is -1.80. The lowest BCUT2D eigenvalue weighted by Crippen LogP contribution is -2.06. The molecule has 100 valence electrons. The lowest BCUT2D eigenvalue weighted by atomic mass is 10.1. The first kappa shape index (κ1) is 13.6. The fraction of sp³-hybridized carbons (Fsp3) is 0.294. The Bertz CT molecular complexity index is 520. The molecule has 0 amide bonds. The Kier molecular flexibility index (Phi) is 4.58. The van der Waals surface area contributed by atoms with Gasteiger partial charge in [0.05, 0.1) is 6.61 Å². The van der Waals surface area contributed by atoms with E-state index in [4.69, 9.17) is 10.5 Å². The van der Waals surface area contributed by atoms with Gasteiger partial charge < -0.3 is 10.5 Å². The summed E-state index contributed by atoms with van der Waals surface area (Å²) in [5.41, 5.74) is 9.45. The first-order valence-electron chi connectivity index (χ1n) is 6.69. The van der Waals surface area contributed by atoms with E-state index in [1.165, 1.54) is 5.56 Å². The fourth-order valence-corrected chi connectivity index (χ4v) is 2.04. The van der Waals surface area contributed by atoms with Gasteiger partial charge in [-0.15, -0.1) is 0 Å². The molecule has 2 aromatic rings. The van der Waals surface area contributed by atoms with Crippen LogP contribution in [-0.4, -0.2) is 6.61 Å². The molecule has 0 spiro atoms. The predicted octanol–water partition coefficient (Wildman–Crippen LogP) is 3.64. The molecule has 0 saturated carbocycles. The number of benzene rings is 2. The molecule has 0 aliphatic heterocycles. The van der Waals surface area contributed by atoms with E-state index in [1.807, 2.05) is 25.1 Å². The number of hydrogen-bond acceptors (Lipinski definition) is 2. The number of ether oxygens (including phenoxy) is 1. The van der Waals surface area contributed by atoms with E-state index in [0.29, 0.717) is 6.61 Å². The lowest BCUT2D eigenvalue weighted by Gasteiger charge is -2.12. The summed E-state index contributed by atoms with van der Waals surface area (Å²) in [5, 5.41) is 0. The number of nitrogens with two attached hydrogens (primary N) is 1. The Morgan fingerprint density at radius 1 is 1.11 bits per heavy atom. The molecular weight excluding hydrogens is 234 g/mol. The summed E-state index contributed by atoms with van der Waals surface area (Å²) in [7, 11) is 0. The summed E-state index contributed by atoms with van der Waals surface area (Å²) in [6.07, 6.45) is 0.926. The van der Waals surface area contributed by atoms with E-state index < -0.39 is 0 Å². The minimum atomic E-state index is 0.0667. The van der Waals surface area contributed by atoms with E-state index in [-0.39, 0.29) is 6.04 Å². The SMILES string of the molecule is Cc1cc(C(C)N)ccc1OCCc1ccccc1. The van der Waals surface area contributed by atoms with Gasteiger partial charge in [-0.25, -0.2) is 0 Å². The molecule has 2 heteroatoms. The number of aryl methyl sites for hydroxylation is 1. The first-order chi connectivity index (χ1) is 9.16. The van der Waals surface area contributed by atoms with Crippen molar-refractivity contribution in [3.8, 4) is 5.75 Å². The third-order valence-corrected chi connectivity index (χ3v) is 3.22. The molecule has 2 nitrogen and oxygen atoms in total. The second kappa shape index (κ2) is 6.39. The highest BCUT2D eigenvalue weighted by Crippen LogP contribution is 2.22. The van der Waals surface area contributed by atoms with E-state index in [0.717, 1.165) is 23.3 Å². The van der Waals surface area contributed by atoms with Crippen molar-refractivity contribution in [1.29, 1.82) is 0 Å². The third-order valence-electron chi connectivity index (χ3n) is 3.22. The molecule has 19 heavy (non-hydrogen) atoms. The van der Waals surface area contributed by atoms with Gasteiger partial charge in [0, 0.05) is 12.5 Å². The van der Waals surface area contributed by atoms with Crippen LogP contribution < -0.4 is 10.5 Å². The maximum atomic E-state index is 5.87. The van der Waals surface area contributed by atoms with Gasteiger partial charge in [-0.05, 0) is 36.6 Å². The van der Waals surface area contributed by atoms with Crippen LogP contribution >= 0.6 is 0 Å². The average Bonchev–Trinajstić information content (AvgIpc) is 2.41. The Morgan fingerprint density at radius 2 is 1.84 bits per heavy atom. The zero-order valence-corrected chi connectivity index (χ0v) is 11.6. The third kappa shape index (κ3) is 3.83. The summed E-state index contributed by atoms with van der Waals surface area (Å²) < 4.78 is 5.83. The topological polar surface area (TPSA) is 35.2 Å². The Labute approximate surface area is 115 Å². The van der Waals surface area contributed by atoms with Gasteiger partial charge in [0.1, 0.15) is 5.75 Å². The normalized spacial score (nSPS) is 12.2. The summed E-state index contributed by atoms with van der Waals surface area (Å²) >= 11 is 0. The van der Waals surface area contributed by atoms with Crippen LogP contribution in [0.2, 0.25) is 0 Å². The smallest absolute Gasteiger partial charge is 0.122 e. The van der Waals surface area contributed by atoms with Crippen molar-refractivity contribution in [1.82, 2.24) is 0 Å². The van der Waals surface area contributed by atoms with Crippen molar-refractivity contribution >= 4 is 0 Å². The summed E-state index contributed by atoms with van der Waals surface area (Å²) in [4.78, 5) is 0. The first-order valence-corrected chi connectivity index (χ1v) is 6.69. The van der Waals surface area contributed by atoms with Crippen LogP contribution in [0.5, 0.6) is 5.75 Å². The molecule has 0 saturated heterocycles.